The highest BCUT2D eigenvalue weighted by atomic mass is 32.1. The van der Waals surface area contributed by atoms with Crippen LogP contribution in [0, 0.1) is 0 Å². The fraction of sp³-hybridized carbons (Fsp3) is 0.438. The zero-order valence-corrected chi connectivity index (χ0v) is 12.0. The molecule has 2 aliphatic rings. The second-order valence-electron chi connectivity index (χ2n) is 5.74. The SMILES string of the molecule is CN1CCC(c2nc3c(s2)Cc2ccccc2-3)CC1. The van der Waals surface area contributed by atoms with Crippen LogP contribution in [0.3, 0.4) is 0 Å². The lowest BCUT2D eigenvalue weighted by Crippen LogP contribution is -2.29. The van der Waals surface area contributed by atoms with E-state index < -0.39 is 0 Å². The molecule has 0 spiro atoms. The fourth-order valence-corrected chi connectivity index (χ4v) is 4.48. The molecule has 2 aromatic rings. The Balaban J connectivity index is 1.65. The third-order valence-corrected chi connectivity index (χ3v) is 5.62. The minimum absolute atomic E-state index is 0.693. The van der Waals surface area contributed by atoms with Crippen molar-refractivity contribution in [2.45, 2.75) is 25.2 Å². The zero-order valence-electron chi connectivity index (χ0n) is 11.2. The molecular formula is C16H18N2S. The molecule has 1 fully saturated rings. The zero-order chi connectivity index (χ0) is 12.8. The number of rotatable bonds is 1. The van der Waals surface area contributed by atoms with Crippen molar-refractivity contribution in [2.75, 3.05) is 20.1 Å². The Morgan fingerprint density at radius 3 is 2.84 bits per heavy atom. The lowest BCUT2D eigenvalue weighted by atomic mass is 9.98. The van der Waals surface area contributed by atoms with Crippen LogP contribution in [0.5, 0.6) is 0 Å². The van der Waals surface area contributed by atoms with E-state index in [1.54, 1.807) is 0 Å². The number of benzene rings is 1. The molecule has 0 amide bonds. The van der Waals surface area contributed by atoms with E-state index in [-0.39, 0.29) is 0 Å². The van der Waals surface area contributed by atoms with Crippen molar-refractivity contribution >= 4 is 11.3 Å². The van der Waals surface area contributed by atoms with Crippen LogP contribution in [0.15, 0.2) is 24.3 Å². The van der Waals surface area contributed by atoms with Gasteiger partial charge in [0.2, 0.25) is 0 Å². The Labute approximate surface area is 118 Å². The van der Waals surface area contributed by atoms with Gasteiger partial charge in [0.1, 0.15) is 0 Å². The smallest absolute Gasteiger partial charge is 0.0967 e. The summed E-state index contributed by atoms with van der Waals surface area (Å²) >= 11 is 1.96. The Morgan fingerprint density at radius 1 is 1.21 bits per heavy atom. The highest BCUT2D eigenvalue weighted by molar-refractivity contribution is 7.12. The van der Waals surface area contributed by atoms with E-state index in [0.29, 0.717) is 5.92 Å². The normalized spacial score (nSPS) is 19.4. The first-order valence-corrected chi connectivity index (χ1v) is 7.89. The first-order valence-electron chi connectivity index (χ1n) is 7.07. The number of nitrogens with zero attached hydrogens (tertiary/aromatic N) is 2. The molecule has 1 aliphatic heterocycles. The average molecular weight is 270 g/mol. The summed E-state index contributed by atoms with van der Waals surface area (Å²) in [6, 6.07) is 8.72. The van der Waals surface area contributed by atoms with Crippen LogP contribution in [0.4, 0.5) is 0 Å². The fourth-order valence-electron chi connectivity index (χ4n) is 3.21. The molecule has 0 radical (unpaired) electrons. The Morgan fingerprint density at radius 2 is 2.00 bits per heavy atom. The van der Waals surface area contributed by atoms with Crippen molar-refractivity contribution in [1.29, 1.82) is 0 Å². The molecule has 0 N–H and O–H groups in total. The molecular weight excluding hydrogens is 252 g/mol. The summed E-state index contributed by atoms with van der Waals surface area (Å²) in [4.78, 5) is 8.89. The van der Waals surface area contributed by atoms with Crippen molar-refractivity contribution < 1.29 is 0 Å². The maximum absolute atomic E-state index is 4.98. The molecule has 98 valence electrons. The molecule has 1 aromatic heterocycles. The van der Waals surface area contributed by atoms with Gasteiger partial charge in [-0.05, 0) is 38.5 Å². The highest BCUT2D eigenvalue weighted by Gasteiger charge is 2.27. The minimum atomic E-state index is 0.693. The van der Waals surface area contributed by atoms with E-state index in [9.17, 15) is 0 Å². The second-order valence-corrected chi connectivity index (χ2v) is 6.85. The van der Waals surface area contributed by atoms with Crippen LogP contribution in [0.25, 0.3) is 11.3 Å². The Kier molecular flexibility index (Phi) is 2.71. The molecule has 0 bridgehead atoms. The van der Waals surface area contributed by atoms with E-state index in [2.05, 4.69) is 36.2 Å². The van der Waals surface area contributed by atoms with Crippen LogP contribution in [-0.4, -0.2) is 30.0 Å². The van der Waals surface area contributed by atoms with Gasteiger partial charge >= 0.3 is 0 Å². The number of thiazole rings is 1. The maximum Gasteiger partial charge on any atom is 0.0967 e. The van der Waals surface area contributed by atoms with Gasteiger partial charge in [-0.1, -0.05) is 24.3 Å². The van der Waals surface area contributed by atoms with Crippen LogP contribution in [0.2, 0.25) is 0 Å². The minimum Gasteiger partial charge on any atom is -0.306 e. The molecule has 2 heterocycles. The summed E-state index contributed by atoms with van der Waals surface area (Å²) in [5.41, 5.74) is 4.09. The summed E-state index contributed by atoms with van der Waals surface area (Å²) in [5, 5.41) is 1.38. The summed E-state index contributed by atoms with van der Waals surface area (Å²) in [6.45, 7) is 2.43. The number of fused-ring (bicyclic) bond motifs is 3. The van der Waals surface area contributed by atoms with Crippen LogP contribution >= 0.6 is 11.3 Å². The van der Waals surface area contributed by atoms with Gasteiger partial charge in [-0.15, -0.1) is 11.3 Å². The predicted octanol–water partition coefficient (Wildman–Crippen LogP) is 3.52. The van der Waals surface area contributed by atoms with Gasteiger partial charge in [0, 0.05) is 22.8 Å². The number of piperidine rings is 1. The lowest BCUT2D eigenvalue weighted by molar-refractivity contribution is 0.255. The third-order valence-electron chi connectivity index (χ3n) is 4.41. The van der Waals surface area contributed by atoms with Gasteiger partial charge in [-0.3, -0.25) is 0 Å². The van der Waals surface area contributed by atoms with E-state index in [0.717, 1.165) is 6.42 Å². The molecule has 0 unspecified atom stereocenters. The summed E-state index contributed by atoms with van der Waals surface area (Å²) in [5.74, 6) is 0.693. The number of aromatic nitrogens is 1. The molecule has 1 saturated heterocycles. The average Bonchev–Trinajstić information content (AvgIpc) is 2.97. The number of hydrogen-bond acceptors (Lipinski definition) is 3. The number of likely N-dealkylation sites (tertiary alicyclic amines) is 1. The lowest BCUT2D eigenvalue weighted by Gasteiger charge is -2.27. The van der Waals surface area contributed by atoms with Gasteiger partial charge < -0.3 is 4.90 Å². The molecule has 1 aliphatic carbocycles. The summed E-state index contributed by atoms with van der Waals surface area (Å²) in [7, 11) is 2.22. The van der Waals surface area contributed by atoms with Crippen LogP contribution in [0.1, 0.15) is 34.2 Å². The van der Waals surface area contributed by atoms with Gasteiger partial charge in [0.15, 0.2) is 0 Å². The van der Waals surface area contributed by atoms with E-state index in [1.165, 1.54) is 52.6 Å². The second kappa shape index (κ2) is 4.43. The Hall–Kier alpha value is -1.19. The van der Waals surface area contributed by atoms with Crippen LogP contribution in [-0.2, 0) is 6.42 Å². The third kappa shape index (κ3) is 1.92. The van der Waals surface area contributed by atoms with Gasteiger partial charge in [-0.2, -0.15) is 0 Å². The standard InChI is InChI=1S/C16H18N2S/c1-18-8-6-11(7-9-18)16-17-15-13-5-3-2-4-12(13)10-14(15)19-16/h2-5,11H,6-10H2,1H3. The first-order chi connectivity index (χ1) is 9.31. The van der Waals surface area contributed by atoms with Crippen molar-refractivity contribution in [2.24, 2.45) is 0 Å². The van der Waals surface area contributed by atoms with Crippen LogP contribution < -0.4 is 0 Å². The maximum atomic E-state index is 4.98. The largest absolute Gasteiger partial charge is 0.306 e. The van der Waals surface area contributed by atoms with Crippen molar-refractivity contribution in [3.63, 3.8) is 0 Å². The van der Waals surface area contributed by atoms with Gasteiger partial charge in [0.25, 0.3) is 0 Å². The summed E-state index contributed by atoms with van der Waals surface area (Å²) in [6.07, 6.45) is 3.63. The van der Waals surface area contributed by atoms with Gasteiger partial charge in [-0.25, -0.2) is 4.98 Å². The quantitative estimate of drug-likeness (QED) is 0.672. The molecule has 1 aromatic carbocycles. The van der Waals surface area contributed by atoms with Gasteiger partial charge in [0.05, 0.1) is 10.7 Å². The molecule has 19 heavy (non-hydrogen) atoms. The monoisotopic (exact) mass is 270 g/mol. The topological polar surface area (TPSA) is 16.1 Å². The van der Waals surface area contributed by atoms with Crippen molar-refractivity contribution in [1.82, 2.24) is 9.88 Å². The van der Waals surface area contributed by atoms with Crippen molar-refractivity contribution in [3.05, 3.63) is 39.7 Å². The molecule has 2 nitrogen and oxygen atoms in total. The van der Waals surface area contributed by atoms with Crippen molar-refractivity contribution in [3.8, 4) is 11.3 Å². The van der Waals surface area contributed by atoms with E-state index >= 15 is 0 Å². The summed E-state index contributed by atoms with van der Waals surface area (Å²) < 4.78 is 0. The van der Waals surface area contributed by atoms with E-state index in [1.807, 2.05) is 11.3 Å². The highest BCUT2D eigenvalue weighted by Crippen LogP contribution is 2.42. The van der Waals surface area contributed by atoms with E-state index in [4.69, 9.17) is 4.98 Å². The molecule has 0 saturated carbocycles. The number of hydrogen-bond donors (Lipinski definition) is 0. The Bertz CT molecular complexity index is 609. The molecule has 4 rings (SSSR count). The molecule has 0 atom stereocenters. The molecule has 3 heteroatoms. The predicted molar refractivity (Wildman–Crippen MR) is 79.8 cm³/mol. The first kappa shape index (κ1) is 11.6.